The molecule has 0 saturated carbocycles. The monoisotopic (exact) mass is 398 g/mol. The number of halogens is 2. The summed E-state index contributed by atoms with van der Waals surface area (Å²) in [6.45, 7) is 2.07. The molecule has 3 aromatic rings. The zero-order valence-electron chi connectivity index (χ0n) is 11.8. The van der Waals surface area contributed by atoms with E-state index in [9.17, 15) is 0 Å². The Bertz CT molecular complexity index is 679. The molecule has 0 unspecified atom stereocenters. The minimum Gasteiger partial charge on any atom is -0.412 e. The molecule has 0 fully saturated rings. The fraction of sp³-hybridized carbons (Fsp3) is 0.0625. The van der Waals surface area contributed by atoms with E-state index in [1.807, 2.05) is 24.3 Å². The number of rotatable bonds is 2. The van der Waals surface area contributed by atoms with Crippen molar-refractivity contribution < 1.29 is 5.48 Å². The van der Waals surface area contributed by atoms with E-state index in [1.54, 1.807) is 0 Å². The lowest BCUT2D eigenvalue weighted by Gasteiger charge is -2.03. The molecule has 0 aliphatic carbocycles. The predicted molar refractivity (Wildman–Crippen MR) is 101 cm³/mol. The lowest BCUT2D eigenvalue weighted by molar-refractivity contribution is 0.824. The molecule has 6 heteroatoms. The molecule has 1 aromatic heterocycles. The molecule has 0 spiro atoms. The van der Waals surface area contributed by atoms with Gasteiger partial charge in [-0.3, -0.25) is 0 Å². The van der Waals surface area contributed by atoms with Gasteiger partial charge in [0, 0.05) is 10.6 Å². The van der Waals surface area contributed by atoms with Gasteiger partial charge in [-0.2, -0.15) is 0 Å². The van der Waals surface area contributed by atoms with Gasteiger partial charge in [0.25, 0.3) is 0 Å². The maximum Gasteiger partial charge on any atom is 0.181 e. The Morgan fingerprint density at radius 2 is 1.50 bits per heavy atom. The Morgan fingerprint density at radius 1 is 0.955 bits per heavy atom. The minimum absolute atomic E-state index is 0. The summed E-state index contributed by atoms with van der Waals surface area (Å²) in [5.41, 5.74) is 10.2. The Kier molecular flexibility index (Phi) is 6.56. The zero-order chi connectivity index (χ0) is 14.1. The second kappa shape index (κ2) is 7.74. The van der Waals surface area contributed by atoms with Crippen LogP contribution in [0.4, 0.5) is 5.13 Å². The number of anilines is 1. The molecular weight excluding hydrogens is 384 g/mol. The first-order chi connectivity index (χ1) is 9.63. The van der Waals surface area contributed by atoms with Crippen LogP contribution in [0.3, 0.4) is 0 Å². The van der Waals surface area contributed by atoms with E-state index in [-0.39, 0.29) is 22.5 Å². The molecule has 0 radical (unpaired) electrons. The fourth-order valence-electron chi connectivity index (χ4n) is 2.04. The molecule has 4 N–H and O–H groups in total. The number of nitrogens with two attached hydrogens (primary N) is 1. The maximum atomic E-state index is 5.94. The van der Waals surface area contributed by atoms with Crippen molar-refractivity contribution in [2.45, 2.75) is 6.92 Å². The second-order valence-electron chi connectivity index (χ2n) is 4.60. The molecule has 0 aliphatic rings. The van der Waals surface area contributed by atoms with E-state index in [2.05, 4.69) is 36.2 Å². The SMILES string of the molecule is Br.Cc1ccc(-c2sc(N)nc2-c2ccc(Cl)cc2)cc1.O. The molecular formula is C16H16BrClN2OS. The van der Waals surface area contributed by atoms with Gasteiger partial charge >= 0.3 is 0 Å². The van der Waals surface area contributed by atoms with Crippen LogP contribution >= 0.6 is 39.9 Å². The Balaban J connectivity index is 0.00000121. The molecule has 22 heavy (non-hydrogen) atoms. The number of thiazole rings is 1. The molecule has 0 amide bonds. The third kappa shape index (κ3) is 3.87. The summed E-state index contributed by atoms with van der Waals surface area (Å²) in [5, 5.41) is 1.29. The van der Waals surface area contributed by atoms with E-state index >= 15 is 0 Å². The highest BCUT2D eigenvalue weighted by molar-refractivity contribution is 8.93. The third-order valence-electron chi connectivity index (χ3n) is 3.08. The summed E-state index contributed by atoms with van der Waals surface area (Å²) in [5.74, 6) is 0. The van der Waals surface area contributed by atoms with Crippen molar-refractivity contribution in [3.63, 3.8) is 0 Å². The van der Waals surface area contributed by atoms with Crippen molar-refractivity contribution in [2.24, 2.45) is 0 Å². The summed E-state index contributed by atoms with van der Waals surface area (Å²) in [4.78, 5) is 5.55. The van der Waals surface area contributed by atoms with E-state index in [0.717, 1.165) is 21.7 Å². The summed E-state index contributed by atoms with van der Waals surface area (Å²) >= 11 is 7.44. The molecule has 116 valence electrons. The van der Waals surface area contributed by atoms with Gasteiger partial charge in [0.1, 0.15) is 0 Å². The highest BCUT2D eigenvalue weighted by atomic mass is 79.9. The smallest absolute Gasteiger partial charge is 0.181 e. The Hall–Kier alpha value is -1.40. The van der Waals surface area contributed by atoms with Crippen molar-refractivity contribution in [3.05, 3.63) is 59.1 Å². The Morgan fingerprint density at radius 3 is 2.09 bits per heavy atom. The van der Waals surface area contributed by atoms with Gasteiger partial charge in [0.05, 0.1) is 10.6 Å². The Labute approximate surface area is 148 Å². The van der Waals surface area contributed by atoms with Gasteiger partial charge in [-0.1, -0.05) is 64.9 Å². The first-order valence-electron chi connectivity index (χ1n) is 6.23. The average Bonchev–Trinajstić information content (AvgIpc) is 2.82. The van der Waals surface area contributed by atoms with Crippen LogP contribution in [0.25, 0.3) is 21.7 Å². The first kappa shape index (κ1) is 18.6. The van der Waals surface area contributed by atoms with Gasteiger partial charge in [-0.25, -0.2) is 4.98 Å². The van der Waals surface area contributed by atoms with Crippen LogP contribution in [0.2, 0.25) is 5.02 Å². The largest absolute Gasteiger partial charge is 0.412 e. The van der Waals surface area contributed by atoms with Gasteiger partial charge < -0.3 is 11.2 Å². The lowest BCUT2D eigenvalue weighted by atomic mass is 10.1. The van der Waals surface area contributed by atoms with Crippen molar-refractivity contribution >= 4 is 45.1 Å². The molecule has 3 rings (SSSR count). The van der Waals surface area contributed by atoms with E-state index < -0.39 is 0 Å². The fourth-order valence-corrected chi connectivity index (χ4v) is 3.03. The molecule has 0 aliphatic heterocycles. The minimum atomic E-state index is 0. The van der Waals surface area contributed by atoms with E-state index in [0.29, 0.717) is 10.2 Å². The number of aromatic nitrogens is 1. The quantitative estimate of drug-likeness (QED) is 0.674. The number of aryl methyl sites for hydroxylation is 1. The van der Waals surface area contributed by atoms with Crippen LogP contribution in [-0.2, 0) is 0 Å². The number of hydrogen-bond acceptors (Lipinski definition) is 3. The maximum absolute atomic E-state index is 5.94. The standard InChI is InChI=1S/C16H13ClN2S.BrH.H2O/c1-10-2-4-12(5-3-10)15-14(19-16(18)20-15)11-6-8-13(17)9-7-11;;/h2-9H,1H3,(H2,18,19);1H;1H2. The lowest BCUT2D eigenvalue weighted by Crippen LogP contribution is -1.84. The predicted octanol–water partition coefficient (Wildman–Crippen LogP) is 4.77. The van der Waals surface area contributed by atoms with E-state index in [4.69, 9.17) is 17.3 Å². The van der Waals surface area contributed by atoms with Crippen LogP contribution in [0.5, 0.6) is 0 Å². The molecule has 0 atom stereocenters. The number of nitrogens with zero attached hydrogens (tertiary/aromatic N) is 1. The normalized spacial score (nSPS) is 9.73. The van der Waals surface area contributed by atoms with Crippen molar-refractivity contribution in [3.8, 4) is 21.7 Å². The van der Waals surface area contributed by atoms with Gasteiger partial charge in [0.2, 0.25) is 0 Å². The topological polar surface area (TPSA) is 70.4 Å². The molecule has 1 heterocycles. The number of hydrogen-bond donors (Lipinski definition) is 1. The zero-order valence-corrected chi connectivity index (χ0v) is 15.1. The number of benzene rings is 2. The summed E-state index contributed by atoms with van der Waals surface area (Å²) in [6, 6.07) is 16.1. The van der Waals surface area contributed by atoms with Crippen molar-refractivity contribution in [1.82, 2.24) is 4.98 Å². The van der Waals surface area contributed by atoms with Gasteiger partial charge in [-0.05, 0) is 24.6 Å². The van der Waals surface area contributed by atoms with E-state index in [1.165, 1.54) is 16.9 Å². The van der Waals surface area contributed by atoms with Crippen LogP contribution in [0.15, 0.2) is 48.5 Å². The first-order valence-corrected chi connectivity index (χ1v) is 7.42. The van der Waals surface area contributed by atoms with Gasteiger partial charge in [0.15, 0.2) is 5.13 Å². The van der Waals surface area contributed by atoms with Crippen LogP contribution < -0.4 is 5.73 Å². The van der Waals surface area contributed by atoms with Crippen molar-refractivity contribution in [1.29, 1.82) is 0 Å². The summed E-state index contributed by atoms with van der Waals surface area (Å²) in [6.07, 6.45) is 0. The average molecular weight is 400 g/mol. The van der Waals surface area contributed by atoms with Gasteiger partial charge in [-0.15, -0.1) is 17.0 Å². The summed E-state index contributed by atoms with van der Waals surface area (Å²) in [7, 11) is 0. The molecule has 0 saturated heterocycles. The van der Waals surface area contributed by atoms with Crippen molar-refractivity contribution in [2.75, 3.05) is 5.73 Å². The summed E-state index contributed by atoms with van der Waals surface area (Å²) < 4.78 is 0. The molecule has 2 aromatic carbocycles. The number of nitrogen functional groups attached to an aromatic ring is 1. The highest BCUT2D eigenvalue weighted by Crippen LogP contribution is 2.38. The van der Waals surface area contributed by atoms with Crippen LogP contribution in [0.1, 0.15) is 5.56 Å². The second-order valence-corrected chi connectivity index (χ2v) is 6.07. The molecule has 3 nitrogen and oxygen atoms in total. The van der Waals surface area contributed by atoms with Crippen LogP contribution in [-0.4, -0.2) is 10.5 Å². The third-order valence-corrected chi connectivity index (χ3v) is 4.26. The van der Waals surface area contributed by atoms with Crippen LogP contribution in [0, 0.1) is 6.92 Å². The highest BCUT2D eigenvalue weighted by Gasteiger charge is 2.13. The molecule has 0 bridgehead atoms.